The number of hydrogen-bond donors (Lipinski definition) is 3. The van der Waals surface area contributed by atoms with E-state index >= 15 is 0 Å². The molecule has 0 spiro atoms. The maximum Gasteiger partial charge on any atom is 0.242 e. The van der Waals surface area contributed by atoms with Crippen molar-refractivity contribution in [3.8, 4) is 0 Å². The van der Waals surface area contributed by atoms with Gasteiger partial charge in [-0.25, -0.2) is 4.99 Å². The van der Waals surface area contributed by atoms with E-state index in [1.165, 1.54) is 5.69 Å². The lowest BCUT2D eigenvalue weighted by Gasteiger charge is -2.20. The van der Waals surface area contributed by atoms with Gasteiger partial charge in [0.2, 0.25) is 5.91 Å². The van der Waals surface area contributed by atoms with E-state index in [1.807, 2.05) is 6.92 Å². The number of nitrogens with one attached hydrogen (secondary N) is 3. The molecule has 25 heavy (non-hydrogen) atoms. The number of anilines is 1. The highest BCUT2D eigenvalue weighted by atomic mass is 79.9. The van der Waals surface area contributed by atoms with E-state index < -0.39 is 0 Å². The molecule has 3 N–H and O–H groups in total. The summed E-state index contributed by atoms with van der Waals surface area (Å²) < 4.78 is 1.09. The summed E-state index contributed by atoms with van der Waals surface area (Å²) in [5.41, 5.74) is 1.23. The lowest BCUT2D eigenvalue weighted by molar-refractivity contribution is -0.119. The summed E-state index contributed by atoms with van der Waals surface area (Å²) in [6.07, 6.45) is 3.25. The molecule has 1 heterocycles. The van der Waals surface area contributed by atoms with E-state index in [0.29, 0.717) is 12.1 Å². The molecule has 1 saturated carbocycles. The van der Waals surface area contributed by atoms with Gasteiger partial charge in [-0.15, -0.1) is 0 Å². The Labute approximate surface area is 157 Å². The summed E-state index contributed by atoms with van der Waals surface area (Å²) in [7, 11) is 0. The van der Waals surface area contributed by atoms with Crippen molar-refractivity contribution in [3.63, 3.8) is 0 Å². The van der Waals surface area contributed by atoms with Gasteiger partial charge in [0.05, 0.1) is 0 Å². The van der Waals surface area contributed by atoms with E-state index in [0.717, 1.165) is 49.3 Å². The van der Waals surface area contributed by atoms with Crippen LogP contribution in [0.2, 0.25) is 0 Å². The number of aliphatic imine (C=N–C) groups is 1. The zero-order chi connectivity index (χ0) is 17.6. The van der Waals surface area contributed by atoms with Crippen molar-refractivity contribution in [1.82, 2.24) is 16.0 Å². The summed E-state index contributed by atoms with van der Waals surface area (Å²) in [6.45, 7) is 4.93. The number of carbonyl (C=O) groups excluding carboxylic acids is 1. The summed E-state index contributed by atoms with van der Waals surface area (Å²) in [4.78, 5) is 18.6. The molecule has 136 valence electrons. The second-order valence-corrected chi connectivity index (χ2v) is 7.50. The van der Waals surface area contributed by atoms with Gasteiger partial charge in [0.15, 0.2) is 5.96 Å². The zero-order valence-corrected chi connectivity index (χ0v) is 16.2. The number of halogens is 1. The summed E-state index contributed by atoms with van der Waals surface area (Å²) >= 11 is 3.48. The molecule has 1 atom stereocenters. The van der Waals surface area contributed by atoms with Crippen LogP contribution in [0.5, 0.6) is 0 Å². The molecule has 1 unspecified atom stereocenters. The third kappa shape index (κ3) is 5.63. The number of amides is 1. The Morgan fingerprint density at radius 1 is 1.20 bits per heavy atom. The van der Waals surface area contributed by atoms with E-state index in [2.05, 4.69) is 66.0 Å². The van der Waals surface area contributed by atoms with Crippen LogP contribution in [-0.4, -0.2) is 50.1 Å². The highest BCUT2D eigenvalue weighted by Gasteiger charge is 2.24. The first-order valence-electron chi connectivity index (χ1n) is 8.98. The van der Waals surface area contributed by atoms with Crippen molar-refractivity contribution in [2.24, 2.45) is 4.99 Å². The van der Waals surface area contributed by atoms with Crippen LogP contribution in [0, 0.1) is 0 Å². The molecule has 1 aliphatic heterocycles. The van der Waals surface area contributed by atoms with Crippen LogP contribution in [0.15, 0.2) is 33.7 Å². The van der Waals surface area contributed by atoms with Gasteiger partial charge >= 0.3 is 0 Å². The Bertz CT molecular complexity index is 614. The molecule has 1 saturated heterocycles. The zero-order valence-electron chi connectivity index (χ0n) is 14.6. The summed E-state index contributed by atoms with van der Waals surface area (Å²) in [6, 6.07) is 9.11. The molecule has 1 aromatic carbocycles. The molecule has 0 bridgehead atoms. The van der Waals surface area contributed by atoms with Crippen LogP contribution in [0.4, 0.5) is 5.69 Å². The van der Waals surface area contributed by atoms with E-state index in [-0.39, 0.29) is 12.5 Å². The van der Waals surface area contributed by atoms with Crippen LogP contribution in [-0.2, 0) is 4.79 Å². The monoisotopic (exact) mass is 407 g/mol. The molecule has 6 nitrogen and oxygen atoms in total. The van der Waals surface area contributed by atoms with Gasteiger partial charge in [-0.1, -0.05) is 15.9 Å². The van der Waals surface area contributed by atoms with Crippen LogP contribution in [0.25, 0.3) is 0 Å². The minimum Gasteiger partial charge on any atom is -0.369 e. The van der Waals surface area contributed by atoms with Crippen molar-refractivity contribution in [2.45, 2.75) is 38.3 Å². The number of rotatable bonds is 6. The smallest absolute Gasteiger partial charge is 0.242 e. The number of nitrogens with zero attached hydrogens (tertiary/aromatic N) is 2. The summed E-state index contributed by atoms with van der Waals surface area (Å²) in [5.74, 6) is 0.721. The van der Waals surface area contributed by atoms with Crippen molar-refractivity contribution < 1.29 is 4.79 Å². The molecule has 2 aliphatic rings. The lowest BCUT2D eigenvalue weighted by Crippen LogP contribution is -2.45. The van der Waals surface area contributed by atoms with Crippen molar-refractivity contribution in [3.05, 3.63) is 28.7 Å². The Hall–Kier alpha value is -1.76. The molecule has 3 rings (SSSR count). The fourth-order valence-corrected chi connectivity index (χ4v) is 3.19. The molecular formula is C18H26BrN5O. The number of guanidine groups is 1. The van der Waals surface area contributed by atoms with Gasteiger partial charge in [-0.2, -0.15) is 0 Å². The van der Waals surface area contributed by atoms with Crippen LogP contribution >= 0.6 is 15.9 Å². The topological polar surface area (TPSA) is 68.8 Å². The minimum atomic E-state index is 0.00242. The highest BCUT2D eigenvalue weighted by Crippen LogP contribution is 2.22. The first-order chi connectivity index (χ1) is 12.1. The standard InChI is InChI=1S/C18H26BrN5O/c1-2-20-18(21-11-17(25)22-14-5-6-14)23-15-9-10-24(12-15)16-7-3-13(19)4-8-16/h3-4,7-8,14-15H,2,5-6,9-12H2,1H3,(H,22,25)(H2,20,21,23). The first-order valence-corrected chi connectivity index (χ1v) is 9.78. The fourth-order valence-electron chi connectivity index (χ4n) is 2.93. The number of hydrogen-bond acceptors (Lipinski definition) is 3. The Morgan fingerprint density at radius 3 is 2.64 bits per heavy atom. The average molecular weight is 408 g/mol. The van der Waals surface area contributed by atoms with Crippen LogP contribution in [0.1, 0.15) is 26.2 Å². The maximum absolute atomic E-state index is 11.8. The largest absolute Gasteiger partial charge is 0.369 e. The van der Waals surface area contributed by atoms with Gasteiger partial charge in [0.1, 0.15) is 6.54 Å². The number of carbonyl (C=O) groups is 1. The Kier molecular flexibility index (Phi) is 6.18. The predicted octanol–water partition coefficient (Wildman–Crippen LogP) is 1.86. The molecule has 0 radical (unpaired) electrons. The molecular weight excluding hydrogens is 382 g/mol. The first kappa shape index (κ1) is 18.0. The summed E-state index contributed by atoms with van der Waals surface area (Å²) in [5, 5.41) is 9.65. The maximum atomic E-state index is 11.8. The van der Waals surface area contributed by atoms with Crippen molar-refractivity contribution in [2.75, 3.05) is 31.1 Å². The quantitative estimate of drug-likeness (QED) is 0.497. The number of benzene rings is 1. The molecule has 1 aromatic rings. The van der Waals surface area contributed by atoms with Crippen molar-refractivity contribution >= 4 is 33.5 Å². The SMILES string of the molecule is CCNC(=NCC(=O)NC1CC1)NC1CCN(c2ccc(Br)cc2)C1. The molecule has 1 aliphatic carbocycles. The molecule has 7 heteroatoms. The normalized spacial score (nSPS) is 20.5. The van der Waals surface area contributed by atoms with Gasteiger partial charge in [0.25, 0.3) is 0 Å². The molecule has 2 fully saturated rings. The van der Waals surface area contributed by atoms with Gasteiger partial charge < -0.3 is 20.9 Å². The van der Waals surface area contributed by atoms with Crippen LogP contribution in [0.3, 0.4) is 0 Å². The Morgan fingerprint density at radius 2 is 1.96 bits per heavy atom. The van der Waals surface area contributed by atoms with Gasteiger partial charge in [-0.05, 0) is 50.5 Å². The third-order valence-corrected chi connectivity index (χ3v) is 4.92. The van der Waals surface area contributed by atoms with E-state index in [4.69, 9.17) is 0 Å². The van der Waals surface area contributed by atoms with Crippen LogP contribution < -0.4 is 20.9 Å². The van der Waals surface area contributed by atoms with E-state index in [1.54, 1.807) is 0 Å². The molecule has 1 amide bonds. The fraction of sp³-hybridized carbons (Fsp3) is 0.556. The van der Waals surface area contributed by atoms with Crippen molar-refractivity contribution in [1.29, 1.82) is 0 Å². The van der Waals surface area contributed by atoms with E-state index in [9.17, 15) is 4.79 Å². The van der Waals surface area contributed by atoms with Gasteiger partial charge in [-0.3, -0.25) is 4.79 Å². The second kappa shape index (κ2) is 8.56. The second-order valence-electron chi connectivity index (χ2n) is 6.59. The predicted molar refractivity (Wildman–Crippen MR) is 105 cm³/mol. The highest BCUT2D eigenvalue weighted by molar-refractivity contribution is 9.10. The third-order valence-electron chi connectivity index (χ3n) is 4.39. The average Bonchev–Trinajstić information content (AvgIpc) is 3.29. The lowest BCUT2D eigenvalue weighted by atomic mass is 10.3. The molecule has 0 aromatic heterocycles. The minimum absolute atomic E-state index is 0.00242. The Balaban J connectivity index is 1.51. The van der Waals surface area contributed by atoms with Gasteiger partial charge in [0, 0.05) is 41.9 Å².